The minimum Gasteiger partial charge on any atom is -0.481 e. The summed E-state index contributed by atoms with van der Waals surface area (Å²) in [5, 5.41) is 18.7. The maximum Gasteiger partial charge on any atom is 0.306 e. The van der Waals surface area contributed by atoms with Crippen LogP contribution in [0.4, 0.5) is 8.78 Å². The molecule has 0 bridgehead atoms. The smallest absolute Gasteiger partial charge is 0.306 e. The third kappa shape index (κ3) is 9.72. The van der Waals surface area contributed by atoms with E-state index in [2.05, 4.69) is 0 Å². The van der Waals surface area contributed by atoms with Crippen LogP contribution < -0.4 is 0 Å². The number of carboxylic acid groups (broad SMARTS) is 1. The van der Waals surface area contributed by atoms with Crippen LogP contribution in [0.5, 0.6) is 0 Å². The number of rotatable bonds is 15. The number of ether oxygens (including phenoxy) is 1. The van der Waals surface area contributed by atoms with Gasteiger partial charge in [-0.2, -0.15) is 8.78 Å². The van der Waals surface area contributed by atoms with E-state index in [-0.39, 0.29) is 61.8 Å². The Morgan fingerprint density at radius 3 is 2.38 bits per heavy atom. The number of fused-ring (bicyclic) bond motifs is 1. The molecule has 7 atom stereocenters. The first kappa shape index (κ1) is 33.0. The number of carbonyl (C=O) groups excluding carboxylic acids is 4. The largest absolute Gasteiger partial charge is 0.481 e. The summed E-state index contributed by atoms with van der Waals surface area (Å²) in [6.45, 7) is 3.83. The van der Waals surface area contributed by atoms with E-state index in [1.807, 2.05) is 6.92 Å². The van der Waals surface area contributed by atoms with Crippen molar-refractivity contribution in [1.82, 2.24) is 0 Å². The number of aliphatic carboxylic acids is 1. The molecule has 0 spiro atoms. The van der Waals surface area contributed by atoms with Crippen LogP contribution in [0.2, 0.25) is 0 Å². The lowest BCUT2D eigenvalue weighted by Crippen LogP contribution is -2.30. The number of unbranched alkanes of at least 4 members (excludes halogenated alkanes) is 4. The first-order valence-corrected chi connectivity index (χ1v) is 14.4. The Bertz CT molecular complexity index is 860. The standard InChI is InChI=1S/C20H32F2O5.C9H12O3/c1-2-3-12-20(21,22)18(25)11-10-15-14(16(23)13-17(15)24)8-6-4-5-7-9-19(26)27;1-5-2-8-6(7(5)4-10)3-9(11)12-8/h14-15,17,24H,2-13H2,1H3,(H,26,27);4-8H,2-3H2,1H3/t14-,15-,17-;5-,6-,7+,8+/m11/s1. The molecule has 2 aliphatic carbocycles. The van der Waals surface area contributed by atoms with E-state index in [1.165, 1.54) is 0 Å². The van der Waals surface area contributed by atoms with Crippen LogP contribution in [0.25, 0.3) is 0 Å². The number of ketones is 2. The van der Waals surface area contributed by atoms with Gasteiger partial charge in [0, 0.05) is 43.4 Å². The van der Waals surface area contributed by atoms with Crippen LogP contribution in [0.1, 0.15) is 104 Å². The fourth-order valence-electron chi connectivity index (χ4n) is 6.21. The van der Waals surface area contributed by atoms with Gasteiger partial charge in [-0.3, -0.25) is 19.2 Å². The number of aliphatic hydroxyl groups is 1. The zero-order chi connectivity index (χ0) is 29.2. The quantitative estimate of drug-likeness (QED) is 0.164. The molecule has 0 aromatic heterocycles. The molecule has 39 heavy (non-hydrogen) atoms. The topological polar surface area (TPSA) is 135 Å². The number of Topliss-reactive ketones (excluding diaryl/α,β-unsaturated/α-hetero) is 2. The number of aliphatic hydroxyl groups excluding tert-OH is 1. The minimum atomic E-state index is -3.33. The first-order chi connectivity index (χ1) is 18.4. The van der Waals surface area contributed by atoms with Crippen molar-refractivity contribution in [3.8, 4) is 0 Å². The van der Waals surface area contributed by atoms with E-state index in [9.17, 15) is 37.9 Å². The average Bonchev–Trinajstić information content (AvgIpc) is 3.46. The Kier molecular flexibility index (Phi) is 13.1. The molecule has 8 nitrogen and oxygen atoms in total. The number of esters is 1. The normalized spacial score (nSPS) is 29.9. The number of halogens is 2. The molecule has 2 saturated carbocycles. The summed E-state index contributed by atoms with van der Waals surface area (Å²) in [6.07, 6.45) is 5.20. The van der Waals surface area contributed by atoms with E-state index < -0.39 is 42.0 Å². The van der Waals surface area contributed by atoms with Crippen LogP contribution in [0, 0.1) is 29.6 Å². The molecule has 0 aromatic carbocycles. The fourth-order valence-corrected chi connectivity index (χ4v) is 6.21. The molecule has 1 aliphatic heterocycles. The number of alkyl halides is 2. The third-order valence-corrected chi connectivity index (χ3v) is 8.52. The lowest BCUT2D eigenvalue weighted by molar-refractivity contribution is -0.144. The summed E-state index contributed by atoms with van der Waals surface area (Å²) >= 11 is 0. The van der Waals surface area contributed by atoms with Gasteiger partial charge >= 0.3 is 17.9 Å². The fraction of sp³-hybridized carbons (Fsp3) is 0.828. The lowest BCUT2D eigenvalue weighted by atomic mass is 9.85. The van der Waals surface area contributed by atoms with Crippen LogP contribution >= 0.6 is 0 Å². The highest BCUT2D eigenvalue weighted by molar-refractivity contribution is 5.86. The molecule has 3 aliphatic rings. The van der Waals surface area contributed by atoms with Gasteiger partial charge in [0.25, 0.3) is 0 Å². The van der Waals surface area contributed by atoms with Crippen molar-refractivity contribution in [1.29, 1.82) is 0 Å². The van der Waals surface area contributed by atoms with E-state index in [4.69, 9.17) is 9.84 Å². The van der Waals surface area contributed by atoms with E-state index >= 15 is 0 Å². The van der Waals surface area contributed by atoms with Crippen molar-refractivity contribution in [2.45, 2.75) is 122 Å². The molecular weight excluding hydrogens is 514 g/mol. The highest BCUT2D eigenvalue weighted by Gasteiger charge is 2.48. The van der Waals surface area contributed by atoms with Gasteiger partial charge in [-0.1, -0.05) is 39.5 Å². The average molecular weight is 559 g/mol. The molecule has 1 heterocycles. The second kappa shape index (κ2) is 15.5. The SMILES string of the molecule is CCCCC(F)(F)C(=O)CC[C@H]1[C@H](O)CC(=O)[C@@H]1CCCCCCC(=O)O.C[C@@H]1C[C@@H]2OC(=O)C[C@@H]2[C@H]1C=O. The van der Waals surface area contributed by atoms with Crippen molar-refractivity contribution >= 4 is 29.8 Å². The van der Waals surface area contributed by atoms with Gasteiger partial charge in [0.05, 0.1) is 12.5 Å². The molecule has 3 fully saturated rings. The third-order valence-electron chi connectivity index (χ3n) is 8.52. The summed E-state index contributed by atoms with van der Waals surface area (Å²) in [5.74, 6) is -5.70. The van der Waals surface area contributed by atoms with Gasteiger partial charge < -0.3 is 19.7 Å². The number of aldehydes is 1. The summed E-state index contributed by atoms with van der Waals surface area (Å²) in [6, 6.07) is 0. The van der Waals surface area contributed by atoms with Crippen LogP contribution in [0.3, 0.4) is 0 Å². The molecule has 10 heteroatoms. The zero-order valence-electron chi connectivity index (χ0n) is 23.1. The van der Waals surface area contributed by atoms with Crippen molar-refractivity contribution in [3.63, 3.8) is 0 Å². The van der Waals surface area contributed by atoms with Gasteiger partial charge in [-0.05, 0) is 43.9 Å². The Hall–Kier alpha value is -2.23. The highest BCUT2D eigenvalue weighted by atomic mass is 19.3. The molecule has 0 unspecified atom stereocenters. The van der Waals surface area contributed by atoms with Crippen molar-refractivity contribution in [2.75, 3.05) is 0 Å². The van der Waals surface area contributed by atoms with Crippen molar-refractivity contribution < 1.29 is 47.7 Å². The number of carbonyl (C=O) groups is 5. The van der Waals surface area contributed by atoms with Crippen LogP contribution in [-0.2, 0) is 28.7 Å². The Morgan fingerprint density at radius 2 is 1.74 bits per heavy atom. The van der Waals surface area contributed by atoms with Gasteiger partial charge in [0.1, 0.15) is 18.2 Å². The number of hydrogen-bond donors (Lipinski definition) is 2. The minimum absolute atomic E-state index is 0.0226. The lowest BCUT2D eigenvalue weighted by Gasteiger charge is -2.22. The van der Waals surface area contributed by atoms with Crippen molar-refractivity contribution in [3.05, 3.63) is 0 Å². The molecule has 222 valence electrons. The first-order valence-electron chi connectivity index (χ1n) is 14.4. The van der Waals surface area contributed by atoms with Gasteiger partial charge in [0.2, 0.25) is 5.78 Å². The molecule has 2 N–H and O–H groups in total. The zero-order valence-corrected chi connectivity index (χ0v) is 23.1. The second-order valence-corrected chi connectivity index (χ2v) is 11.4. The molecule has 0 radical (unpaired) electrons. The van der Waals surface area contributed by atoms with Crippen LogP contribution in [-0.4, -0.2) is 58.1 Å². The predicted molar refractivity (Wildman–Crippen MR) is 138 cm³/mol. The van der Waals surface area contributed by atoms with Gasteiger partial charge in [-0.15, -0.1) is 0 Å². The van der Waals surface area contributed by atoms with E-state index in [0.717, 1.165) is 32.0 Å². The van der Waals surface area contributed by atoms with E-state index in [1.54, 1.807) is 6.92 Å². The molecular formula is C29H44F2O8. The second-order valence-electron chi connectivity index (χ2n) is 11.4. The number of carboxylic acids is 1. The predicted octanol–water partition coefficient (Wildman–Crippen LogP) is 4.93. The van der Waals surface area contributed by atoms with Crippen LogP contribution in [0.15, 0.2) is 0 Å². The molecule has 3 rings (SSSR count). The number of hydrogen-bond acceptors (Lipinski definition) is 7. The summed E-state index contributed by atoms with van der Waals surface area (Å²) in [7, 11) is 0. The summed E-state index contributed by atoms with van der Waals surface area (Å²) < 4.78 is 32.7. The highest BCUT2D eigenvalue weighted by Crippen LogP contribution is 2.43. The molecule has 0 aromatic rings. The monoisotopic (exact) mass is 558 g/mol. The van der Waals surface area contributed by atoms with E-state index in [0.29, 0.717) is 31.6 Å². The summed E-state index contributed by atoms with van der Waals surface area (Å²) in [5.41, 5.74) is 0. The molecule has 1 saturated heterocycles. The Labute approximate surface area is 229 Å². The maximum absolute atomic E-state index is 13.8. The van der Waals surface area contributed by atoms with Gasteiger partial charge in [-0.25, -0.2) is 0 Å². The van der Waals surface area contributed by atoms with Gasteiger partial charge in [0.15, 0.2) is 0 Å². The maximum atomic E-state index is 13.8. The Morgan fingerprint density at radius 1 is 1.05 bits per heavy atom. The molecule has 0 amide bonds. The summed E-state index contributed by atoms with van der Waals surface area (Å²) in [4.78, 5) is 56.0. The van der Waals surface area contributed by atoms with Crippen molar-refractivity contribution in [2.24, 2.45) is 29.6 Å². The Balaban J connectivity index is 0.000000364.